The number of carbonyl (C=O) groups is 7. The van der Waals surface area contributed by atoms with Crippen molar-refractivity contribution in [1.82, 2.24) is 51.8 Å². The lowest BCUT2D eigenvalue weighted by atomic mass is 10.0. The summed E-state index contributed by atoms with van der Waals surface area (Å²) in [5, 5.41) is 26.6. The van der Waals surface area contributed by atoms with Gasteiger partial charge in [0, 0.05) is 54.1 Å². The van der Waals surface area contributed by atoms with Crippen LogP contribution in [-0.2, 0) is 46.4 Å². The molecule has 2 saturated heterocycles. The Balaban J connectivity index is 1.50. The molecule has 7 amide bonds. The highest BCUT2D eigenvalue weighted by atomic mass is 32.1. The van der Waals surface area contributed by atoms with E-state index in [-0.39, 0.29) is 37.5 Å². The Morgan fingerprint density at radius 1 is 0.786 bits per heavy atom. The Hall–Kier alpha value is -5.43. The summed E-state index contributed by atoms with van der Waals surface area (Å²) < 4.78 is 0. The number of H-pyrrole nitrogens is 2. The summed E-state index contributed by atoms with van der Waals surface area (Å²) in [4.78, 5) is 108. The molecule has 0 radical (unpaired) electrons. The molecule has 19 heteroatoms. The third-order valence-corrected chi connectivity index (χ3v) is 10.3. The molecule has 2 fully saturated rings. The van der Waals surface area contributed by atoms with Gasteiger partial charge >= 0.3 is 0 Å². The number of benzene rings is 1. The number of aliphatic hydroxyl groups excluding tert-OH is 1. The Labute approximate surface area is 328 Å². The highest BCUT2D eigenvalue weighted by Gasteiger charge is 2.40. The maximum absolute atomic E-state index is 14.3. The maximum atomic E-state index is 14.3. The summed E-state index contributed by atoms with van der Waals surface area (Å²) in [6.07, 6.45) is 5.57. The minimum Gasteiger partial charge on any atom is -0.394 e. The number of carbonyl (C=O) groups excluding carboxylic acids is 7. The molecule has 302 valence electrons. The van der Waals surface area contributed by atoms with E-state index in [0.717, 1.165) is 10.9 Å². The standard InChI is InChI=1S/C37H50N10O8S/c1-19(2)11-27-37(55)47-10-6-9-30(47)36(54)43-25(12-21-14-39-24-8-5-4-7-23(21)24)32(50)41-20(3)31(49)45-28(16-48)34(52)46-29(17-56)35(53)42-26(33(51)44-27)13-22-15-38-18-40-22/h4-5,7-8,14-15,18-20,25-30,39,48,56H,6,9-13,16-17H2,1-3H3,(H,38,40)(H,41,50)(H,42,53)(H,43,54)(H,44,51)(H,45,49)(H,46,52)/t20-,25-,26-,27-,28-,29-,30-/m1/s1. The minimum absolute atomic E-state index is 0.0220. The fraction of sp³-hybridized carbons (Fsp3) is 0.514. The number of imidazole rings is 1. The summed E-state index contributed by atoms with van der Waals surface area (Å²) in [7, 11) is 0. The highest BCUT2D eigenvalue weighted by Crippen LogP contribution is 2.23. The van der Waals surface area contributed by atoms with Crippen molar-refractivity contribution in [3.8, 4) is 0 Å². The molecule has 2 aliphatic rings. The number of rotatable bonds is 8. The Kier molecular flexibility index (Phi) is 14.1. The summed E-state index contributed by atoms with van der Waals surface area (Å²) >= 11 is 4.22. The van der Waals surface area contributed by atoms with Crippen LogP contribution in [0.1, 0.15) is 51.3 Å². The fourth-order valence-electron chi connectivity index (χ4n) is 6.90. The van der Waals surface area contributed by atoms with Crippen LogP contribution in [0.2, 0.25) is 0 Å². The van der Waals surface area contributed by atoms with Gasteiger partial charge in [0.1, 0.15) is 42.3 Å². The molecule has 0 bridgehead atoms. The van der Waals surface area contributed by atoms with Crippen LogP contribution in [0.3, 0.4) is 0 Å². The van der Waals surface area contributed by atoms with Crippen molar-refractivity contribution in [2.75, 3.05) is 18.9 Å². The first kappa shape index (κ1) is 41.7. The normalized spacial score (nSPS) is 26.4. The molecule has 2 aromatic heterocycles. The molecule has 56 heavy (non-hydrogen) atoms. The fourth-order valence-corrected chi connectivity index (χ4v) is 7.16. The second-order valence-corrected chi connectivity index (χ2v) is 14.9. The molecule has 1 aromatic carbocycles. The van der Waals surface area contributed by atoms with Crippen LogP contribution in [0.25, 0.3) is 10.9 Å². The van der Waals surface area contributed by atoms with Crippen molar-refractivity contribution in [2.24, 2.45) is 5.92 Å². The van der Waals surface area contributed by atoms with Gasteiger partial charge < -0.3 is 51.9 Å². The second-order valence-electron chi connectivity index (χ2n) is 14.6. The van der Waals surface area contributed by atoms with Crippen LogP contribution in [0.4, 0.5) is 0 Å². The summed E-state index contributed by atoms with van der Waals surface area (Å²) in [6, 6.07) is -1.18. The predicted molar refractivity (Wildman–Crippen MR) is 207 cm³/mol. The van der Waals surface area contributed by atoms with E-state index in [2.05, 4.69) is 59.5 Å². The number of aromatic nitrogens is 3. The van der Waals surface area contributed by atoms with Crippen molar-refractivity contribution in [3.63, 3.8) is 0 Å². The Bertz CT molecular complexity index is 1900. The first-order chi connectivity index (χ1) is 26.8. The van der Waals surface area contributed by atoms with E-state index in [9.17, 15) is 38.7 Å². The lowest BCUT2D eigenvalue weighted by Gasteiger charge is -2.31. The number of nitrogens with zero attached hydrogens (tertiary/aromatic N) is 2. The molecule has 3 aromatic rings. The van der Waals surface area contributed by atoms with E-state index >= 15 is 0 Å². The number of hydrogen-bond donors (Lipinski definition) is 10. The van der Waals surface area contributed by atoms with Gasteiger partial charge in [0.2, 0.25) is 41.4 Å². The monoisotopic (exact) mass is 794 g/mol. The highest BCUT2D eigenvalue weighted by molar-refractivity contribution is 7.80. The van der Waals surface area contributed by atoms with E-state index in [1.165, 1.54) is 24.3 Å². The largest absolute Gasteiger partial charge is 0.394 e. The molecule has 0 spiro atoms. The molecule has 0 unspecified atom stereocenters. The molecule has 5 rings (SSSR count). The van der Waals surface area contributed by atoms with E-state index in [1.807, 2.05) is 38.1 Å². The zero-order chi connectivity index (χ0) is 40.5. The van der Waals surface area contributed by atoms with Crippen LogP contribution in [0, 0.1) is 5.92 Å². The van der Waals surface area contributed by atoms with Crippen molar-refractivity contribution in [3.05, 3.63) is 54.2 Å². The van der Waals surface area contributed by atoms with E-state index in [4.69, 9.17) is 0 Å². The van der Waals surface area contributed by atoms with Gasteiger partial charge in [0.25, 0.3) is 0 Å². The molecule has 9 N–H and O–H groups in total. The summed E-state index contributed by atoms with van der Waals surface area (Å²) in [5.41, 5.74) is 2.02. The van der Waals surface area contributed by atoms with Crippen LogP contribution in [0.5, 0.6) is 0 Å². The van der Waals surface area contributed by atoms with Gasteiger partial charge in [-0.3, -0.25) is 33.6 Å². The number of nitrogens with one attached hydrogen (secondary N) is 8. The molecule has 0 saturated carbocycles. The molecule has 18 nitrogen and oxygen atoms in total. The van der Waals surface area contributed by atoms with Gasteiger partial charge in [-0.1, -0.05) is 32.0 Å². The van der Waals surface area contributed by atoms with Gasteiger partial charge in [-0.15, -0.1) is 0 Å². The molecular formula is C37H50N10O8S. The quantitative estimate of drug-likeness (QED) is 0.120. The van der Waals surface area contributed by atoms with Crippen molar-refractivity contribution in [1.29, 1.82) is 0 Å². The van der Waals surface area contributed by atoms with Gasteiger partial charge in [-0.2, -0.15) is 12.6 Å². The van der Waals surface area contributed by atoms with Crippen LogP contribution in [-0.4, -0.2) is 128 Å². The second kappa shape index (κ2) is 18.9. The number of amides is 7. The average Bonchev–Trinajstić information content (AvgIpc) is 3.96. The summed E-state index contributed by atoms with van der Waals surface area (Å²) in [5.74, 6) is -5.35. The maximum Gasteiger partial charge on any atom is 0.245 e. The number of fused-ring (bicyclic) bond motifs is 2. The smallest absolute Gasteiger partial charge is 0.245 e. The topological polar surface area (TPSA) is 260 Å². The first-order valence-electron chi connectivity index (χ1n) is 18.7. The van der Waals surface area contributed by atoms with Gasteiger partial charge in [0.05, 0.1) is 12.9 Å². The average molecular weight is 795 g/mol. The Morgan fingerprint density at radius 2 is 1.41 bits per heavy atom. The summed E-state index contributed by atoms with van der Waals surface area (Å²) in [6.45, 7) is 4.50. The molecule has 4 heterocycles. The van der Waals surface area contributed by atoms with Crippen LogP contribution >= 0.6 is 12.6 Å². The Morgan fingerprint density at radius 3 is 2.11 bits per heavy atom. The van der Waals surface area contributed by atoms with E-state index in [1.54, 1.807) is 6.20 Å². The van der Waals surface area contributed by atoms with Crippen LogP contribution in [0.15, 0.2) is 43.0 Å². The number of para-hydroxylation sites is 1. The third kappa shape index (κ3) is 10.2. The lowest BCUT2D eigenvalue weighted by molar-refractivity contribution is -0.143. The van der Waals surface area contributed by atoms with Crippen molar-refractivity contribution >= 4 is 64.9 Å². The van der Waals surface area contributed by atoms with Crippen molar-refractivity contribution < 1.29 is 38.7 Å². The van der Waals surface area contributed by atoms with E-state index in [0.29, 0.717) is 24.1 Å². The van der Waals surface area contributed by atoms with Gasteiger partial charge in [0.15, 0.2) is 0 Å². The SMILES string of the molecule is CC(C)C[C@H]1NC(=O)[C@@H](Cc2cnc[nH]2)NC(=O)[C@@H](CS)NC(=O)[C@@H](CO)NC(=O)[C@@H](C)NC(=O)[C@@H](Cc2c[nH]c3ccccc23)NC(=O)[C@H]2CCCN2C1=O. The third-order valence-electron chi connectivity index (χ3n) is 9.89. The van der Waals surface area contributed by atoms with E-state index < -0.39 is 90.3 Å². The number of hydrogen-bond acceptors (Lipinski definition) is 10. The minimum atomic E-state index is -1.53. The molecular weight excluding hydrogens is 745 g/mol. The number of aromatic amines is 2. The van der Waals surface area contributed by atoms with Crippen molar-refractivity contribution in [2.45, 2.75) is 95.2 Å². The molecule has 7 atom stereocenters. The van der Waals surface area contributed by atoms with Gasteiger partial charge in [-0.25, -0.2) is 4.98 Å². The lowest BCUT2D eigenvalue weighted by Crippen LogP contribution is -2.60. The zero-order valence-electron chi connectivity index (χ0n) is 31.5. The molecule has 2 aliphatic heterocycles. The number of thiol groups is 1. The molecule has 0 aliphatic carbocycles. The zero-order valence-corrected chi connectivity index (χ0v) is 32.4. The number of aliphatic hydroxyl groups is 1. The van der Waals surface area contributed by atoms with Crippen LogP contribution < -0.4 is 31.9 Å². The predicted octanol–water partition coefficient (Wildman–Crippen LogP) is -1.42. The first-order valence-corrected chi connectivity index (χ1v) is 19.3. The van der Waals surface area contributed by atoms with Gasteiger partial charge in [-0.05, 0) is 43.7 Å².